The van der Waals surface area contributed by atoms with Gasteiger partial charge in [0.2, 0.25) is 0 Å². The summed E-state index contributed by atoms with van der Waals surface area (Å²) in [6.45, 7) is 2.92. The van der Waals surface area contributed by atoms with Crippen LogP contribution in [0, 0.1) is 0 Å². The third-order valence-corrected chi connectivity index (χ3v) is 6.66. The Morgan fingerprint density at radius 1 is 1.14 bits per heavy atom. The van der Waals surface area contributed by atoms with E-state index in [0.29, 0.717) is 30.1 Å². The molecule has 0 fully saturated rings. The molecule has 29 heavy (non-hydrogen) atoms. The van der Waals surface area contributed by atoms with Crippen LogP contribution < -0.4 is 13.8 Å². The summed E-state index contributed by atoms with van der Waals surface area (Å²) in [6.07, 6.45) is 5.78. The quantitative estimate of drug-likeness (QED) is 0.353. The van der Waals surface area contributed by atoms with Crippen LogP contribution in [0.2, 0.25) is 0 Å². The Hall–Kier alpha value is -2.80. The van der Waals surface area contributed by atoms with E-state index in [1.807, 2.05) is 6.07 Å². The number of hydrogen-bond donors (Lipinski definition) is 0. The highest BCUT2D eigenvalue weighted by molar-refractivity contribution is 7.92. The maximum atomic E-state index is 13.3. The number of fused-ring (bicyclic) bond motifs is 1. The summed E-state index contributed by atoms with van der Waals surface area (Å²) in [6, 6.07) is 11.8. The van der Waals surface area contributed by atoms with Gasteiger partial charge in [0.25, 0.3) is 10.0 Å². The van der Waals surface area contributed by atoms with Crippen LogP contribution in [-0.2, 0) is 14.8 Å². The van der Waals surface area contributed by atoms with E-state index in [4.69, 9.17) is 9.47 Å². The fourth-order valence-electron chi connectivity index (χ4n) is 3.30. The number of sulfonamides is 1. The number of anilines is 1. The smallest absolute Gasteiger partial charge is 0.264 e. The van der Waals surface area contributed by atoms with E-state index >= 15 is 0 Å². The zero-order chi connectivity index (χ0) is 20.9. The number of rotatable bonds is 9. The zero-order valence-electron chi connectivity index (χ0n) is 16.6. The minimum absolute atomic E-state index is 0.196. The van der Waals surface area contributed by atoms with Crippen molar-refractivity contribution in [3.8, 4) is 11.5 Å². The first-order chi connectivity index (χ1) is 14.0. The molecule has 1 aliphatic rings. The van der Waals surface area contributed by atoms with Gasteiger partial charge in [0.15, 0.2) is 0 Å². The van der Waals surface area contributed by atoms with Crippen LogP contribution in [0.4, 0.5) is 5.69 Å². The summed E-state index contributed by atoms with van der Waals surface area (Å²) in [5.74, 6) is 1.06. The van der Waals surface area contributed by atoms with Crippen LogP contribution in [0.15, 0.2) is 59.5 Å². The third-order valence-electron chi connectivity index (χ3n) is 4.87. The van der Waals surface area contributed by atoms with Gasteiger partial charge in [-0.15, -0.1) is 0 Å². The second kappa shape index (κ2) is 9.13. The maximum Gasteiger partial charge on any atom is 0.264 e. The fraction of sp³-hybridized carbons (Fsp3) is 0.318. The van der Waals surface area contributed by atoms with Crippen LogP contribution in [0.25, 0.3) is 0 Å². The third kappa shape index (κ3) is 4.45. The van der Waals surface area contributed by atoms with Crippen LogP contribution in [0.5, 0.6) is 11.5 Å². The average molecular weight is 416 g/mol. The average Bonchev–Trinajstić information content (AvgIpc) is 3.11. The van der Waals surface area contributed by atoms with E-state index in [-0.39, 0.29) is 17.4 Å². The van der Waals surface area contributed by atoms with Crippen molar-refractivity contribution in [1.82, 2.24) is 0 Å². The first-order valence-corrected chi connectivity index (χ1v) is 11.0. The van der Waals surface area contributed by atoms with Crippen molar-refractivity contribution in [2.24, 2.45) is 0 Å². The van der Waals surface area contributed by atoms with Gasteiger partial charge >= 0.3 is 0 Å². The molecule has 3 rings (SSSR count). The zero-order valence-corrected chi connectivity index (χ0v) is 17.4. The molecule has 1 unspecified atom stereocenters. The Bertz CT molecular complexity index is 983. The molecule has 1 atom stereocenters. The van der Waals surface area contributed by atoms with Gasteiger partial charge in [-0.05, 0) is 60.5 Å². The highest BCUT2D eigenvalue weighted by Gasteiger charge is 2.35. The Labute approximate surface area is 171 Å². The molecule has 0 spiro atoms. The van der Waals surface area contributed by atoms with E-state index < -0.39 is 10.0 Å². The first-order valence-electron chi connectivity index (χ1n) is 9.56. The van der Waals surface area contributed by atoms with E-state index in [1.165, 1.54) is 10.4 Å². The van der Waals surface area contributed by atoms with Gasteiger partial charge in [-0.2, -0.15) is 0 Å². The molecule has 2 aromatic rings. The minimum Gasteiger partial charge on any atom is -0.497 e. The molecule has 154 valence electrons. The van der Waals surface area contributed by atoms with Crippen LogP contribution in [0.1, 0.15) is 31.2 Å². The molecule has 1 heterocycles. The SMILES string of the molecule is CCCCOc1ccc(S(=O)(=O)N2CC(/C=C/C=O)c3cc(OC)ccc32)cc1. The Morgan fingerprint density at radius 3 is 2.52 bits per heavy atom. The predicted molar refractivity (Wildman–Crippen MR) is 112 cm³/mol. The summed E-state index contributed by atoms with van der Waals surface area (Å²) >= 11 is 0. The number of carbonyl (C=O) groups excluding carboxylic acids is 1. The molecule has 2 aromatic carbocycles. The van der Waals surface area contributed by atoms with Crippen LogP contribution >= 0.6 is 0 Å². The van der Waals surface area contributed by atoms with Crippen molar-refractivity contribution >= 4 is 22.0 Å². The maximum absolute atomic E-state index is 13.3. The second-order valence-electron chi connectivity index (χ2n) is 6.76. The Morgan fingerprint density at radius 2 is 1.86 bits per heavy atom. The molecule has 0 saturated carbocycles. The lowest BCUT2D eigenvalue weighted by atomic mass is 10.0. The molecule has 0 aromatic heterocycles. The number of allylic oxidation sites excluding steroid dienone is 1. The summed E-state index contributed by atoms with van der Waals surface area (Å²) in [5, 5.41) is 0. The van der Waals surface area contributed by atoms with Crippen molar-refractivity contribution in [2.75, 3.05) is 24.6 Å². The van der Waals surface area contributed by atoms with Gasteiger partial charge in [0.05, 0.1) is 24.3 Å². The molecule has 0 saturated heterocycles. The molecule has 7 heteroatoms. The first kappa shape index (κ1) is 20.9. The number of hydrogen-bond acceptors (Lipinski definition) is 5. The predicted octanol–water partition coefficient (Wildman–Crippen LogP) is 3.92. The normalized spacial score (nSPS) is 16.1. The Balaban J connectivity index is 1.91. The lowest BCUT2D eigenvalue weighted by molar-refractivity contribution is -0.104. The monoisotopic (exact) mass is 415 g/mol. The standard InChI is InChI=1S/C22H25NO5S/c1-3-4-14-28-18-7-10-20(11-8-18)29(25,26)23-16-17(6-5-13-24)21-15-19(27-2)9-12-22(21)23/h5-13,15,17H,3-4,14,16H2,1-2H3/b6-5+. The number of benzene rings is 2. The van der Waals surface area contributed by atoms with E-state index in [1.54, 1.807) is 49.6 Å². The number of nitrogens with zero attached hydrogens (tertiary/aromatic N) is 1. The minimum atomic E-state index is -3.76. The summed E-state index contributed by atoms with van der Waals surface area (Å²) < 4.78 is 38.9. The van der Waals surface area contributed by atoms with E-state index in [2.05, 4.69) is 6.92 Å². The summed E-state index contributed by atoms with van der Waals surface area (Å²) in [5.41, 5.74) is 1.40. The number of unbranched alkanes of at least 4 members (excludes halogenated alkanes) is 1. The highest BCUT2D eigenvalue weighted by atomic mass is 32.2. The van der Waals surface area contributed by atoms with Crippen LogP contribution in [-0.4, -0.2) is 35.0 Å². The molecule has 0 radical (unpaired) electrons. The Kier molecular flexibility index (Phi) is 6.59. The number of ether oxygens (including phenoxy) is 2. The lowest BCUT2D eigenvalue weighted by Gasteiger charge is -2.20. The molecule has 0 aliphatic carbocycles. The van der Waals surface area contributed by atoms with Crippen molar-refractivity contribution in [1.29, 1.82) is 0 Å². The van der Waals surface area contributed by atoms with Crippen molar-refractivity contribution in [2.45, 2.75) is 30.6 Å². The van der Waals surface area contributed by atoms with Crippen LogP contribution in [0.3, 0.4) is 0 Å². The van der Waals surface area contributed by atoms with Gasteiger partial charge in [0.1, 0.15) is 17.8 Å². The number of aldehydes is 1. The topological polar surface area (TPSA) is 72.9 Å². The number of methoxy groups -OCH3 is 1. The fourth-order valence-corrected chi connectivity index (χ4v) is 4.82. The van der Waals surface area contributed by atoms with Gasteiger partial charge in [-0.3, -0.25) is 9.10 Å². The van der Waals surface area contributed by atoms with Gasteiger partial charge in [-0.25, -0.2) is 8.42 Å². The van der Waals surface area contributed by atoms with Crippen molar-refractivity contribution in [3.63, 3.8) is 0 Å². The lowest BCUT2D eigenvalue weighted by Crippen LogP contribution is -2.29. The molecular weight excluding hydrogens is 390 g/mol. The molecular formula is C22H25NO5S. The largest absolute Gasteiger partial charge is 0.497 e. The van der Waals surface area contributed by atoms with Gasteiger partial charge in [0, 0.05) is 12.5 Å². The second-order valence-corrected chi connectivity index (χ2v) is 8.62. The molecule has 1 aliphatic heterocycles. The van der Waals surface area contributed by atoms with E-state index in [9.17, 15) is 13.2 Å². The number of carbonyl (C=O) groups is 1. The summed E-state index contributed by atoms with van der Waals surface area (Å²) in [7, 11) is -2.20. The summed E-state index contributed by atoms with van der Waals surface area (Å²) in [4.78, 5) is 11.0. The molecule has 0 N–H and O–H groups in total. The highest BCUT2D eigenvalue weighted by Crippen LogP contribution is 2.42. The van der Waals surface area contributed by atoms with Crippen molar-refractivity contribution in [3.05, 3.63) is 60.2 Å². The molecule has 0 bridgehead atoms. The van der Waals surface area contributed by atoms with Crippen molar-refractivity contribution < 1.29 is 22.7 Å². The molecule has 0 amide bonds. The van der Waals surface area contributed by atoms with Gasteiger partial charge < -0.3 is 9.47 Å². The molecule has 6 nitrogen and oxygen atoms in total. The van der Waals surface area contributed by atoms with E-state index in [0.717, 1.165) is 18.4 Å². The van der Waals surface area contributed by atoms with Gasteiger partial charge in [-0.1, -0.05) is 19.4 Å².